The number of ketones is 1. The summed E-state index contributed by atoms with van der Waals surface area (Å²) in [4.78, 5) is 27.4. The molecule has 0 aromatic rings. The van der Waals surface area contributed by atoms with Gasteiger partial charge in [-0.1, -0.05) is 18.9 Å². The number of hydrogen-bond acceptors (Lipinski definition) is 12. The number of fused-ring (bicyclic) bond motifs is 2. The first-order valence-electron chi connectivity index (χ1n) is 20.3. The molecule has 2 saturated carbocycles. The van der Waals surface area contributed by atoms with Gasteiger partial charge in [-0.2, -0.15) is 0 Å². The highest BCUT2D eigenvalue weighted by Gasteiger charge is 2.63. The molecule has 16 unspecified atom stereocenters. The Balaban J connectivity index is 1.39. The van der Waals surface area contributed by atoms with Gasteiger partial charge in [0, 0.05) is 30.6 Å². The summed E-state index contributed by atoms with van der Waals surface area (Å²) in [6, 6.07) is 0. The number of nitrogens with two attached hydrogens (primary N) is 3. The third-order valence-corrected chi connectivity index (χ3v) is 14.0. The average molecular weight is 736 g/mol. The number of hydrogen-bond donors (Lipinski definition) is 8. The van der Waals surface area contributed by atoms with E-state index in [4.69, 9.17) is 25.7 Å². The van der Waals surface area contributed by atoms with E-state index in [1.807, 2.05) is 6.92 Å². The molecule has 0 aromatic carbocycles. The molecule has 16 atom stereocenters. The first-order valence-corrected chi connectivity index (χ1v) is 20.3. The molecule has 13 heteroatoms. The van der Waals surface area contributed by atoms with Gasteiger partial charge in [0.25, 0.3) is 0 Å². The quantitative estimate of drug-likeness (QED) is 0.105. The van der Waals surface area contributed by atoms with Crippen molar-refractivity contribution in [2.75, 3.05) is 26.3 Å². The number of quaternary nitrogens is 1. The Kier molecular flexibility index (Phi) is 13.5. The lowest BCUT2D eigenvalue weighted by atomic mass is 9.56. The van der Waals surface area contributed by atoms with E-state index in [0.29, 0.717) is 18.8 Å². The highest BCUT2D eigenvalue weighted by Crippen LogP contribution is 2.55. The summed E-state index contributed by atoms with van der Waals surface area (Å²) in [6.45, 7) is 4.64. The summed E-state index contributed by atoms with van der Waals surface area (Å²) in [6.07, 6.45) is 7.14. The molecule has 0 radical (unpaired) electrons. The van der Waals surface area contributed by atoms with Crippen LogP contribution in [0.4, 0.5) is 0 Å². The number of aliphatic hydroxyl groups excluding tert-OH is 4. The zero-order chi connectivity index (χ0) is 37.2. The van der Waals surface area contributed by atoms with Crippen LogP contribution >= 0.6 is 0 Å². The molecule has 0 aromatic heterocycles. The summed E-state index contributed by atoms with van der Waals surface area (Å²) in [5, 5.41) is 48.7. The Labute approximate surface area is 309 Å². The van der Waals surface area contributed by atoms with E-state index in [1.54, 1.807) is 13.0 Å². The molecule has 296 valence electrons. The zero-order valence-electron chi connectivity index (χ0n) is 31.3. The molecule has 0 amide bonds. The average Bonchev–Trinajstić information content (AvgIpc) is 3.12. The summed E-state index contributed by atoms with van der Waals surface area (Å²) in [7, 11) is 0. The maximum atomic E-state index is 14.0. The van der Waals surface area contributed by atoms with Gasteiger partial charge in [-0.05, 0) is 95.9 Å². The SMILES string of the molecule is CC=C(CO)C(=O)OC1CC2C(O)C3C(=O)CC(CO)OC3C(C(CC3CCCC(O)C3)C3CCNC(N)C3)C2OC1(C)CCC1CCC(N)[NH2+]C1. The number of rotatable bonds is 11. The van der Waals surface area contributed by atoms with E-state index in [2.05, 4.69) is 10.6 Å². The number of piperidine rings is 2. The van der Waals surface area contributed by atoms with Crippen LogP contribution in [0.2, 0.25) is 0 Å². The van der Waals surface area contributed by atoms with Crippen molar-refractivity contribution in [2.45, 2.75) is 152 Å². The fourth-order valence-electron chi connectivity index (χ4n) is 11.0. The second-order valence-electron chi connectivity index (χ2n) is 17.4. The molecule has 6 aliphatic rings. The monoisotopic (exact) mass is 735 g/mol. The van der Waals surface area contributed by atoms with Crippen molar-refractivity contribution >= 4 is 11.8 Å². The van der Waals surface area contributed by atoms with Crippen LogP contribution in [0.25, 0.3) is 0 Å². The minimum Gasteiger partial charge on any atom is -0.456 e. The van der Waals surface area contributed by atoms with Crippen LogP contribution in [0.15, 0.2) is 11.6 Å². The molecule has 52 heavy (non-hydrogen) atoms. The fourth-order valence-corrected chi connectivity index (χ4v) is 11.0. The van der Waals surface area contributed by atoms with E-state index in [9.17, 15) is 30.0 Å². The molecule has 2 aliphatic carbocycles. The summed E-state index contributed by atoms with van der Waals surface area (Å²) < 4.78 is 20.3. The topological polar surface area (TPSA) is 223 Å². The van der Waals surface area contributed by atoms with E-state index in [1.165, 1.54) is 0 Å². The van der Waals surface area contributed by atoms with E-state index >= 15 is 0 Å². The number of esters is 1. The fraction of sp³-hybridized carbons (Fsp3) is 0.897. The summed E-state index contributed by atoms with van der Waals surface area (Å²) in [5.74, 6) is -1.44. The summed E-state index contributed by atoms with van der Waals surface area (Å²) >= 11 is 0. The van der Waals surface area contributed by atoms with Gasteiger partial charge in [-0.3, -0.25) is 10.5 Å². The largest absolute Gasteiger partial charge is 0.456 e. The number of Topliss-reactive ketones (excluding diaryl/α,β-unsaturated/α-hetero) is 1. The Morgan fingerprint density at radius 1 is 1.10 bits per heavy atom. The number of carbonyl (C=O) groups is 2. The van der Waals surface area contributed by atoms with Gasteiger partial charge in [-0.15, -0.1) is 0 Å². The highest BCUT2D eigenvalue weighted by molar-refractivity contribution is 5.88. The van der Waals surface area contributed by atoms with Crippen LogP contribution in [-0.2, 0) is 23.8 Å². The Bertz CT molecular complexity index is 1250. The lowest BCUT2D eigenvalue weighted by Gasteiger charge is -2.60. The molecule has 0 bridgehead atoms. The minimum atomic E-state index is -1.09. The molecule has 4 aliphatic heterocycles. The normalized spacial score (nSPS) is 45.1. The lowest BCUT2D eigenvalue weighted by Crippen LogP contribution is -2.95. The Morgan fingerprint density at radius 2 is 1.90 bits per heavy atom. The lowest BCUT2D eigenvalue weighted by molar-refractivity contribution is -0.703. The Morgan fingerprint density at radius 3 is 2.58 bits per heavy atom. The van der Waals surface area contributed by atoms with Crippen LogP contribution < -0.4 is 22.1 Å². The second-order valence-corrected chi connectivity index (χ2v) is 17.4. The summed E-state index contributed by atoms with van der Waals surface area (Å²) in [5.41, 5.74) is 12.0. The van der Waals surface area contributed by atoms with Crippen molar-refractivity contribution in [1.29, 1.82) is 0 Å². The van der Waals surface area contributed by atoms with Crippen molar-refractivity contribution in [3.05, 3.63) is 11.6 Å². The highest BCUT2D eigenvalue weighted by atomic mass is 16.6. The molecule has 4 saturated heterocycles. The van der Waals surface area contributed by atoms with Crippen LogP contribution in [0.1, 0.15) is 97.3 Å². The number of nitrogens with one attached hydrogen (secondary N) is 1. The number of aliphatic hydroxyl groups is 4. The third-order valence-electron chi connectivity index (χ3n) is 14.0. The second kappa shape index (κ2) is 17.5. The number of carbonyl (C=O) groups excluding carboxylic acids is 2. The molecular formula is C39H67N4O9+. The predicted octanol–water partition coefficient (Wildman–Crippen LogP) is 0.207. The molecule has 0 spiro atoms. The van der Waals surface area contributed by atoms with Crippen molar-refractivity contribution < 1.29 is 49.5 Å². The van der Waals surface area contributed by atoms with Crippen LogP contribution in [0.5, 0.6) is 0 Å². The van der Waals surface area contributed by atoms with Crippen molar-refractivity contribution in [3.8, 4) is 0 Å². The van der Waals surface area contributed by atoms with Gasteiger partial charge in [0.2, 0.25) is 0 Å². The van der Waals surface area contributed by atoms with Crippen molar-refractivity contribution in [3.63, 3.8) is 0 Å². The van der Waals surface area contributed by atoms with Crippen LogP contribution in [0, 0.1) is 41.4 Å². The Hall–Kier alpha value is -1.52. The van der Waals surface area contributed by atoms with Crippen LogP contribution in [0.3, 0.4) is 0 Å². The van der Waals surface area contributed by atoms with Crippen molar-refractivity contribution in [2.24, 2.45) is 52.9 Å². The standard InChI is InChI=1S/C39H66N4O9/c1-3-23(19-44)38(49)51-30-17-28-35(48)34-29(47)16-26(20-45)50-37(34)33(36(28)52-39(30,2)11-9-21-7-8-31(40)43-18-21)27(24-10-12-42-32(41)15-24)14-22-5-4-6-25(46)13-22/h3,21-22,24-28,30-37,42-46,48H,4-20,40-41H2,1-2H3/p+1. The van der Waals surface area contributed by atoms with Gasteiger partial charge in [0.05, 0.1) is 67.9 Å². The van der Waals surface area contributed by atoms with Gasteiger partial charge in [0.15, 0.2) is 0 Å². The zero-order valence-corrected chi connectivity index (χ0v) is 31.3. The maximum absolute atomic E-state index is 14.0. The van der Waals surface area contributed by atoms with Crippen molar-refractivity contribution in [1.82, 2.24) is 5.32 Å². The molecule has 6 fully saturated rings. The predicted molar refractivity (Wildman–Crippen MR) is 192 cm³/mol. The first-order chi connectivity index (χ1) is 24.9. The van der Waals surface area contributed by atoms with Gasteiger partial charge in [-0.25, -0.2) is 4.79 Å². The molecule has 11 N–H and O–H groups in total. The molecular weight excluding hydrogens is 668 g/mol. The van der Waals surface area contributed by atoms with E-state index < -0.39 is 60.5 Å². The molecule has 6 rings (SSSR count). The van der Waals surface area contributed by atoms with Crippen LogP contribution in [-0.4, -0.2) is 113 Å². The van der Waals surface area contributed by atoms with Gasteiger partial charge >= 0.3 is 5.97 Å². The van der Waals surface area contributed by atoms with Gasteiger partial charge in [0.1, 0.15) is 23.7 Å². The number of allylic oxidation sites excluding steroid dienone is 1. The number of ether oxygens (including phenoxy) is 3. The smallest absolute Gasteiger partial charge is 0.336 e. The minimum absolute atomic E-state index is 0.0167. The first kappa shape index (κ1) is 40.2. The third kappa shape index (κ3) is 8.79. The molecule has 13 nitrogen and oxygen atoms in total. The maximum Gasteiger partial charge on any atom is 0.336 e. The van der Waals surface area contributed by atoms with Gasteiger partial charge < -0.3 is 51.0 Å². The van der Waals surface area contributed by atoms with E-state index in [-0.39, 0.29) is 66.5 Å². The van der Waals surface area contributed by atoms with E-state index in [0.717, 1.165) is 77.3 Å². The molecule has 4 heterocycles.